The summed E-state index contributed by atoms with van der Waals surface area (Å²) in [5.41, 5.74) is 3.32. The fraction of sp³-hybridized carbons (Fsp3) is 0.357. The molecular formula is C14H19N3O. The van der Waals surface area contributed by atoms with Crippen LogP contribution in [0.3, 0.4) is 0 Å². The molecule has 2 rings (SSSR count). The van der Waals surface area contributed by atoms with Crippen molar-refractivity contribution >= 4 is 5.82 Å². The molecule has 0 amide bonds. The smallest absolute Gasteiger partial charge is 0.129 e. The van der Waals surface area contributed by atoms with E-state index in [1.807, 2.05) is 43.9 Å². The molecule has 0 radical (unpaired) electrons. The zero-order chi connectivity index (χ0) is 13.0. The van der Waals surface area contributed by atoms with E-state index in [1.165, 1.54) is 5.56 Å². The summed E-state index contributed by atoms with van der Waals surface area (Å²) in [5, 5.41) is 7.54. The van der Waals surface area contributed by atoms with Gasteiger partial charge < -0.3 is 10.1 Å². The number of ether oxygens (including phenoxy) is 1. The van der Waals surface area contributed by atoms with Crippen LogP contribution in [0.4, 0.5) is 5.82 Å². The summed E-state index contributed by atoms with van der Waals surface area (Å²) in [5.74, 6) is 1.01. The van der Waals surface area contributed by atoms with Crippen LogP contribution >= 0.6 is 0 Å². The van der Waals surface area contributed by atoms with E-state index >= 15 is 0 Å². The van der Waals surface area contributed by atoms with Crippen LogP contribution in [-0.4, -0.2) is 16.8 Å². The van der Waals surface area contributed by atoms with Crippen LogP contribution < -0.4 is 5.32 Å². The van der Waals surface area contributed by atoms with Gasteiger partial charge in [-0.2, -0.15) is 5.10 Å². The van der Waals surface area contributed by atoms with Gasteiger partial charge in [0.05, 0.1) is 18.9 Å². The molecule has 4 heteroatoms. The maximum absolute atomic E-state index is 5.75. The monoisotopic (exact) mass is 245 g/mol. The summed E-state index contributed by atoms with van der Waals surface area (Å²) in [6, 6.07) is 10.2. The minimum absolute atomic E-state index is 0.574. The van der Waals surface area contributed by atoms with Gasteiger partial charge in [-0.05, 0) is 12.5 Å². The van der Waals surface area contributed by atoms with Gasteiger partial charge in [0, 0.05) is 19.7 Å². The maximum Gasteiger partial charge on any atom is 0.129 e. The minimum atomic E-state index is 0.574. The summed E-state index contributed by atoms with van der Waals surface area (Å²) in [6.07, 6.45) is 0. The van der Waals surface area contributed by atoms with Gasteiger partial charge in [0.15, 0.2) is 0 Å². The van der Waals surface area contributed by atoms with Crippen LogP contribution in [0.2, 0.25) is 0 Å². The number of benzene rings is 1. The molecule has 96 valence electrons. The maximum atomic E-state index is 5.75. The van der Waals surface area contributed by atoms with Crippen LogP contribution in [0.5, 0.6) is 0 Å². The number of anilines is 1. The summed E-state index contributed by atoms with van der Waals surface area (Å²) < 4.78 is 7.59. The average Bonchev–Trinajstić information content (AvgIpc) is 2.65. The molecule has 0 unspecified atom stereocenters. The van der Waals surface area contributed by atoms with Gasteiger partial charge in [-0.15, -0.1) is 0 Å². The van der Waals surface area contributed by atoms with Crippen LogP contribution in [0.1, 0.15) is 16.8 Å². The number of aromatic nitrogens is 2. The zero-order valence-corrected chi connectivity index (χ0v) is 11.1. The topological polar surface area (TPSA) is 39.1 Å². The molecule has 0 saturated heterocycles. The van der Waals surface area contributed by atoms with Gasteiger partial charge in [-0.1, -0.05) is 30.3 Å². The highest BCUT2D eigenvalue weighted by molar-refractivity contribution is 5.46. The molecule has 1 N–H and O–H groups in total. The molecule has 0 aliphatic carbocycles. The lowest BCUT2D eigenvalue weighted by atomic mass is 10.2. The third kappa shape index (κ3) is 2.71. The average molecular weight is 245 g/mol. The molecular weight excluding hydrogens is 226 g/mol. The molecule has 1 aromatic heterocycles. The number of aryl methyl sites for hydroxylation is 2. The quantitative estimate of drug-likeness (QED) is 0.879. The first-order valence-electron chi connectivity index (χ1n) is 6.04. The van der Waals surface area contributed by atoms with Crippen molar-refractivity contribution in [2.75, 3.05) is 12.4 Å². The predicted molar refractivity (Wildman–Crippen MR) is 72.4 cm³/mol. The number of nitrogens with zero attached hydrogens (tertiary/aromatic N) is 2. The first kappa shape index (κ1) is 12.6. The van der Waals surface area contributed by atoms with E-state index in [-0.39, 0.29) is 0 Å². The highest BCUT2D eigenvalue weighted by atomic mass is 16.5. The number of hydrogen-bond donors (Lipinski definition) is 1. The molecule has 0 atom stereocenters. The van der Waals surface area contributed by atoms with Crippen molar-refractivity contribution in [3.8, 4) is 0 Å². The fourth-order valence-electron chi connectivity index (χ4n) is 2.03. The highest BCUT2D eigenvalue weighted by Gasteiger charge is 2.11. The van der Waals surface area contributed by atoms with Gasteiger partial charge in [0.1, 0.15) is 5.82 Å². The summed E-state index contributed by atoms with van der Waals surface area (Å²) in [4.78, 5) is 0. The second-order valence-electron chi connectivity index (χ2n) is 4.26. The van der Waals surface area contributed by atoms with Gasteiger partial charge in [-0.3, -0.25) is 4.68 Å². The molecule has 2 aromatic rings. The standard InChI is InChI=1S/C14H19N3O/c1-11-13(14(15-2)17(3)16-11)10-18-9-12-7-5-4-6-8-12/h4-8,15H,9-10H2,1-3H3. The van der Waals surface area contributed by atoms with Crippen molar-refractivity contribution in [1.29, 1.82) is 0 Å². The Hall–Kier alpha value is -1.81. The first-order chi connectivity index (χ1) is 8.72. The van der Waals surface area contributed by atoms with E-state index < -0.39 is 0 Å². The van der Waals surface area contributed by atoms with Crippen molar-refractivity contribution in [2.45, 2.75) is 20.1 Å². The summed E-state index contributed by atoms with van der Waals surface area (Å²) in [7, 11) is 3.83. The molecule has 0 aliphatic heterocycles. The lowest BCUT2D eigenvalue weighted by Crippen LogP contribution is -2.02. The lowest BCUT2D eigenvalue weighted by molar-refractivity contribution is 0.107. The van der Waals surface area contributed by atoms with Crippen LogP contribution in [0, 0.1) is 6.92 Å². The van der Waals surface area contributed by atoms with E-state index in [0.29, 0.717) is 13.2 Å². The van der Waals surface area contributed by atoms with E-state index in [2.05, 4.69) is 22.5 Å². The molecule has 0 spiro atoms. The Bertz CT molecular complexity index is 505. The van der Waals surface area contributed by atoms with Crippen LogP contribution in [0.25, 0.3) is 0 Å². The predicted octanol–water partition coefficient (Wildman–Crippen LogP) is 2.49. The Morgan fingerprint density at radius 1 is 1.22 bits per heavy atom. The third-order valence-corrected chi connectivity index (χ3v) is 2.94. The highest BCUT2D eigenvalue weighted by Crippen LogP contribution is 2.19. The summed E-state index contributed by atoms with van der Waals surface area (Å²) in [6.45, 7) is 3.20. The Kier molecular flexibility index (Phi) is 3.99. The lowest BCUT2D eigenvalue weighted by Gasteiger charge is -2.07. The molecule has 1 aromatic carbocycles. The van der Waals surface area contributed by atoms with E-state index in [4.69, 9.17) is 4.74 Å². The Morgan fingerprint density at radius 3 is 2.61 bits per heavy atom. The van der Waals surface area contributed by atoms with Crippen molar-refractivity contribution in [3.05, 3.63) is 47.2 Å². The van der Waals surface area contributed by atoms with Crippen molar-refractivity contribution in [2.24, 2.45) is 7.05 Å². The molecule has 18 heavy (non-hydrogen) atoms. The van der Waals surface area contributed by atoms with E-state index in [9.17, 15) is 0 Å². The van der Waals surface area contributed by atoms with E-state index in [1.54, 1.807) is 0 Å². The largest absolute Gasteiger partial charge is 0.373 e. The number of hydrogen-bond acceptors (Lipinski definition) is 3. The normalized spacial score (nSPS) is 10.6. The van der Waals surface area contributed by atoms with Crippen LogP contribution in [-0.2, 0) is 25.0 Å². The Balaban J connectivity index is 1.98. The van der Waals surface area contributed by atoms with Gasteiger partial charge in [-0.25, -0.2) is 0 Å². The van der Waals surface area contributed by atoms with E-state index in [0.717, 1.165) is 17.1 Å². The van der Waals surface area contributed by atoms with Gasteiger partial charge >= 0.3 is 0 Å². The second-order valence-corrected chi connectivity index (χ2v) is 4.26. The molecule has 4 nitrogen and oxygen atoms in total. The molecule has 0 bridgehead atoms. The SMILES string of the molecule is CNc1c(COCc2ccccc2)c(C)nn1C. The second kappa shape index (κ2) is 5.69. The van der Waals surface area contributed by atoms with Gasteiger partial charge in [0.2, 0.25) is 0 Å². The molecule has 0 saturated carbocycles. The fourth-order valence-corrected chi connectivity index (χ4v) is 2.03. The molecule has 0 fully saturated rings. The van der Waals surface area contributed by atoms with Crippen molar-refractivity contribution in [1.82, 2.24) is 9.78 Å². The zero-order valence-electron chi connectivity index (χ0n) is 11.1. The van der Waals surface area contributed by atoms with Crippen LogP contribution in [0.15, 0.2) is 30.3 Å². The Morgan fingerprint density at radius 2 is 1.94 bits per heavy atom. The summed E-state index contributed by atoms with van der Waals surface area (Å²) >= 11 is 0. The molecule has 1 heterocycles. The van der Waals surface area contributed by atoms with Gasteiger partial charge in [0.25, 0.3) is 0 Å². The minimum Gasteiger partial charge on any atom is -0.373 e. The number of rotatable bonds is 5. The molecule has 0 aliphatic rings. The van der Waals surface area contributed by atoms with Crippen molar-refractivity contribution < 1.29 is 4.74 Å². The third-order valence-electron chi connectivity index (χ3n) is 2.94. The number of nitrogens with one attached hydrogen (secondary N) is 1. The first-order valence-corrected chi connectivity index (χ1v) is 6.04. The van der Waals surface area contributed by atoms with Crippen molar-refractivity contribution in [3.63, 3.8) is 0 Å². The Labute approximate surface area is 108 Å².